The second kappa shape index (κ2) is 5.87. The SMILES string of the molecule is CCC(N)(CC)C(=O)N(C)c1ccc(OC)cc1. The van der Waals surface area contributed by atoms with Crippen molar-refractivity contribution in [1.82, 2.24) is 0 Å². The molecular weight excluding hydrogens is 228 g/mol. The maximum atomic E-state index is 12.4. The highest BCUT2D eigenvalue weighted by Crippen LogP contribution is 2.22. The molecule has 100 valence electrons. The van der Waals surface area contributed by atoms with Crippen molar-refractivity contribution in [1.29, 1.82) is 0 Å². The first-order valence-corrected chi connectivity index (χ1v) is 6.19. The lowest BCUT2D eigenvalue weighted by atomic mass is 9.92. The Balaban J connectivity index is 2.92. The van der Waals surface area contributed by atoms with Gasteiger partial charge in [0.2, 0.25) is 5.91 Å². The molecule has 0 saturated carbocycles. The fraction of sp³-hybridized carbons (Fsp3) is 0.500. The first-order chi connectivity index (χ1) is 8.48. The van der Waals surface area contributed by atoms with Crippen molar-refractivity contribution in [3.63, 3.8) is 0 Å². The van der Waals surface area contributed by atoms with Crippen molar-refractivity contribution in [3.05, 3.63) is 24.3 Å². The molecule has 0 bridgehead atoms. The zero-order chi connectivity index (χ0) is 13.8. The third-order valence-corrected chi connectivity index (χ3v) is 3.45. The monoisotopic (exact) mass is 250 g/mol. The van der Waals surface area contributed by atoms with Crippen LogP contribution in [-0.4, -0.2) is 25.6 Å². The smallest absolute Gasteiger partial charge is 0.246 e. The van der Waals surface area contributed by atoms with Crippen LogP contribution in [0, 0.1) is 0 Å². The van der Waals surface area contributed by atoms with Crippen molar-refractivity contribution in [2.75, 3.05) is 19.1 Å². The summed E-state index contributed by atoms with van der Waals surface area (Å²) in [6, 6.07) is 7.36. The van der Waals surface area contributed by atoms with Gasteiger partial charge in [-0.1, -0.05) is 13.8 Å². The van der Waals surface area contributed by atoms with Gasteiger partial charge in [-0.2, -0.15) is 0 Å². The molecule has 0 saturated heterocycles. The Labute approximate surface area is 109 Å². The summed E-state index contributed by atoms with van der Waals surface area (Å²) in [6.45, 7) is 3.87. The second-order valence-electron chi connectivity index (χ2n) is 4.43. The number of benzene rings is 1. The molecule has 0 heterocycles. The second-order valence-corrected chi connectivity index (χ2v) is 4.43. The van der Waals surface area contributed by atoms with Gasteiger partial charge in [-0.05, 0) is 37.1 Å². The van der Waals surface area contributed by atoms with Crippen LogP contribution in [-0.2, 0) is 4.79 Å². The predicted octanol–water partition coefficient (Wildman–Crippen LogP) is 2.18. The van der Waals surface area contributed by atoms with Gasteiger partial charge in [-0.15, -0.1) is 0 Å². The van der Waals surface area contributed by atoms with Crippen LogP contribution in [0.4, 0.5) is 5.69 Å². The van der Waals surface area contributed by atoms with Crippen molar-refractivity contribution >= 4 is 11.6 Å². The molecule has 0 aromatic heterocycles. The highest BCUT2D eigenvalue weighted by molar-refractivity contribution is 5.99. The number of nitrogens with two attached hydrogens (primary N) is 1. The first kappa shape index (κ1) is 14.5. The molecule has 0 aliphatic rings. The van der Waals surface area contributed by atoms with Gasteiger partial charge in [0.15, 0.2) is 0 Å². The van der Waals surface area contributed by atoms with E-state index in [1.807, 2.05) is 38.1 Å². The largest absolute Gasteiger partial charge is 0.497 e. The Morgan fingerprint density at radius 2 is 1.78 bits per heavy atom. The molecule has 0 fully saturated rings. The molecule has 0 unspecified atom stereocenters. The van der Waals surface area contributed by atoms with Gasteiger partial charge < -0.3 is 15.4 Å². The summed E-state index contributed by atoms with van der Waals surface area (Å²) in [7, 11) is 3.36. The summed E-state index contributed by atoms with van der Waals surface area (Å²) in [6.07, 6.45) is 1.26. The van der Waals surface area contributed by atoms with Gasteiger partial charge in [0.05, 0.1) is 12.6 Å². The van der Waals surface area contributed by atoms with E-state index in [4.69, 9.17) is 10.5 Å². The van der Waals surface area contributed by atoms with E-state index in [2.05, 4.69) is 0 Å². The number of carbonyl (C=O) groups excluding carboxylic acids is 1. The molecule has 0 spiro atoms. The van der Waals surface area contributed by atoms with Crippen LogP contribution in [0.1, 0.15) is 26.7 Å². The van der Waals surface area contributed by atoms with Crippen molar-refractivity contribution in [3.8, 4) is 5.75 Å². The van der Waals surface area contributed by atoms with Crippen molar-refractivity contribution < 1.29 is 9.53 Å². The molecule has 4 heteroatoms. The summed E-state index contributed by atoms with van der Waals surface area (Å²) in [5.41, 5.74) is 6.15. The summed E-state index contributed by atoms with van der Waals surface area (Å²) in [4.78, 5) is 14.0. The fourth-order valence-electron chi connectivity index (χ4n) is 1.81. The molecule has 2 N–H and O–H groups in total. The zero-order valence-corrected chi connectivity index (χ0v) is 11.6. The Hall–Kier alpha value is -1.55. The maximum absolute atomic E-state index is 12.4. The molecule has 0 aliphatic heterocycles. The number of amides is 1. The summed E-state index contributed by atoms with van der Waals surface area (Å²) in [5.74, 6) is 0.710. The molecule has 0 radical (unpaired) electrons. The Morgan fingerprint density at radius 3 is 2.17 bits per heavy atom. The lowest BCUT2D eigenvalue weighted by Crippen LogP contribution is -2.53. The minimum Gasteiger partial charge on any atom is -0.497 e. The lowest BCUT2D eigenvalue weighted by Gasteiger charge is -2.30. The fourth-order valence-corrected chi connectivity index (χ4v) is 1.81. The van der Waals surface area contributed by atoms with Crippen LogP contribution in [0.15, 0.2) is 24.3 Å². The predicted molar refractivity (Wildman–Crippen MR) is 73.9 cm³/mol. The Bertz CT molecular complexity index is 397. The number of methoxy groups -OCH3 is 1. The average molecular weight is 250 g/mol. The van der Waals surface area contributed by atoms with Gasteiger partial charge in [0.25, 0.3) is 0 Å². The summed E-state index contributed by atoms with van der Waals surface area (Å²) < 4.78 is 5.09. The van der Waals surface area contributed by atoms with Crippen LogP contribution in [0.2, 0.25) is 0 Å². The molecule has 1 amide bonds. The van der Waals surface area contributed by atoms with E-state index in [1.54, 1.807) is 19.1 Å². The number of anilines is 1. The number of likely N-dealkylation sites (N-methyl/N-ethyl adjacent to an activating group) is 1. The highest BCUT2D eigenvalue weighted by atomic mass is 16.5. The molecule has 18 heavy (non-hydrogen) atoms. The summed E-state index contributed by atoms with van der Waals surface area (Å²) in [5, 5.41) is 0. The molecule has 1 aromatic carbocycles. The first-order valence-electron chi connectivity index (χ1n) is 6.19. The van der Waals surface area contributed by atoms with Crippen LogP contribution in [0.5, 0.6) is 5.75 Å². The van der Waals surface area contributed by atoms with Crippen molar-refractivity contribution in [2.24, 2.45) is 5.73 Å². The van der Waals surface area contributed by atoms with E-state index in [0.29, 0.717) is 12.8 Å². The van der Waals surface area contributed by atoms with Gasteiger partial charge in [0, 0.05) is 12.7 Å². The number of hydrogen-bond acceptors (Lipinski definition) is 3. The summed E-state index contributed by atoms with van der Waals surface area (Å²) >= 11 is 0. The molecule has 0 atom stereocenters. The van der Waals surface area contributed by atoms with E-state index >= 15 is 0 Å². The van der Waals surface area contributed by atoms with Crippen LogP contribution in [0.25, 0.3) is 0 Å². The van der Waals surface area contributed by atoms with Gasteiger partial charge >= 0.3 is 0 Å². The van der Waals surface area contributed by atoms with Crippen LogP contribution in [0.3, 0.4) is 0 Å². The van der Waals surface area contributed by atoms with Crippen LogP contribution < -0.4 is 15.4 Å². The highest BCUT2D eigenvalue weighted by Gasteiger charge is 2.33. The standard InChI is InChI=1S/C14H22N2O2/c1-5-14(15,6-2)13(17)16(3)11-7-9-12(18-4)10-8-11/h7-10H,5-6,15H2,1-4H3. The van der Waals surface area contributed by atoms with E-state index in [-0.39, 0.29) is 5.91 Å². The number of nitrogens with zero attached hydrogens (tertiary/aromatic N) is 1. The number of carbonyl (C=O) groups is 1. The third-order valence-electron chi connectivity index (χ3n) is 3.45. The van der Waals surface area contributed by atoms with E-state index in [0.717, 1.165) is 11.4 Å². The zero-order valence-electron chi connectivity index (χ0n) is 11.6. The minimum atomic E-state index is -0.783. The van der Waals surface area contributed by atoms with Gasteiger partial charge in [-0.25, -0.2) is 0 Å². The quantitative estimate of drug-likeness (QED) is 0.871. The number of rotatable bonds is 5. The normalized spacial score (nSPS) is 11.2. The molecule has 1 rings (SSSR count). The Kier molecular flexibility index (Phi) is 4.73. The van der Waals surface area contributed by atoms with Crippen molar-refractivity contribution in [2.45, 2.75) is 32.2 Å². The lowest BCUT2D eigenvalue weighted by molar-refractivity contribution is -0.123. The molecule has 1 aromatic rings. The van der Waals surface area contributed by atoms with E-state index in [1.165, 1.54) is 0 Å². The number of ether oxygens (including phenoxy) is 1. The topological polar surface area (TPSA) is 55.6 Å². The van der Waals surface area contributed by atoms with Gasteiger partial charge in [-0.3, -0.25) is 4.79 Å². The molecule has 4 nitrogen and oxygen atoms in total. The average Bonchev–Trinajstić information content (AvgIpc) is 2.44. The maximum Gasteiger partial charge on any atom is 0.246 e. The number of hydrogen-bond donors (Lipinski definition) is 1. The molecule has 0 aliphatic carbocycles. The minimum absolute atomic E-state index is 0.0577. The van der Waals surface area contributed by atoms with Crippen LogP contribution >= 0.6 is 0 Å². The molecular formula is C14H22N2O2. The van der Waals surface area contributed by atoms with Gasteiger partial charge in [0.1, 0.15) is 5.75 Å². The van der Waals surface area contributed by atoms with E-state index < -0.39 is 5.54 Å². The Morgan fingerprint density at radius 1 is 1.28 bits per heavy atom. The van der Waals surface area contributed by atoms with E-state index in [9.17, 15) is 4.79 Å². The third kappa shape index (κ3) is 2.82.